The molecule has 0 aliphatic carbocycles. The number of carbonyl (C=O) groups is 1. The van der Waals surface area contributed by atoms with Gasteiger partial charge in [-0.3, -0.25) is 4.79 Å². The molecule has 0 atom stereocenters. The van der Waals surface area contributed by atoms with Gasteiger partial charge in [0.2, 0.25) is 0 Å². The minimum atomic E-state index is -0.0399. The largest absolute Gasteiger partial charge is 0.354 e. The van der Waals surface area contributed by atoms with Gasteiger partial charge in [-0.15, -0.1) is 0 Å². The fourth-order valence-corrected chi connectivity index (χ4v) is 4.59. The van der Waals surface area contributed by atoms with Gasteiger partial charge < -0.3 is 14.3 Å². The van der Waals surface area contributed by atoms with E-state index in [1.165, 1.54) is 0 Å². The van der Waals surface area contributed by atoms with Crippen LogP contribution in [0.15, 0.2) is 59.1 Å². The third kappa shape index (κ3) is 4.35. The van der Waals surface area contributed by atoms with Gasteiger partial charge in [0.05, 0.1) is 10.6 Å². The van der Waals surface area contributed by atoms with Gasteiger partial charge in [-0.2, -0.15) is 4.98 Å². The number of aryl methyl sites for hydroxylation is 1. The summed E-state index contributed by atoms with van der Waals surface area (Å²) < 4.78 is 5.68. The van der Waals surface area contributed by atoms with Crippen LogP contribution in [0, 0.1) is 0 Å². The molecule has 0 spiro atoms. The minimum absolute atomic E-state index is 0.0399. The van der Waals surface area contributed by atoms with Crippen LogP contribution in [0.1, 0.15) is 35.9 Å². The molecule has 1 aliphatic rings. The zero-order valence-corrected chi connectivity index (χ0v) is 19.8. The normalized spacial score (nSPS) is 14.4. The van der Waals surface area contributed by atoms with E-state index in [4.69, 9.17) is 21.1 Å². The monoisotopic (exact) mass is 475 g/mol. The maximum absolute atomic E-state index is 13.1. The molecule has 8 heteroatoms. The summed E-state index contributed by atoms with van der Waals surface area (Å²) in [5, 5.41) is 5.65. The molecule has 0 radical (unpaired) electrons. The third-order valence-electron chi connectivity index (χ3n) is 6.07. The molecule has 4 aromatic rings. The van der Waals surface area contributed by atoms with Crippen LogP contribution in [0.5, 0.6) is 0 Å². The molecule has 2 aromatic heterocycles. The standard InChI is InChI=1S/C26H26ClN5O2/c1-2-9-21-28-24(22-23(30-34-25(22)29-21)18-10-4-3-5-11-18)31-14-8-15-32(17-16-31)26(33)19-12-6-7-13-20(19)27/h3-7,10-13H,2,8-9,14-17H2,1H3. The molecule has 0 unspecified atom stereocenters. The van der Waals surface area contributed by atoms with Crippen molar-refractivity contribution in [1.82, 2.24) is 20.0 Å². The second kappa shape index (κ2) is 9.81. The molecule has 0 N–H and O–H groups in total. The first kappa shape index (κ1) is 22.3. The van der Waals surface area contributed by atoms with E-state index < -0.39 is 0 Å². The average molecular weight is 476 g/mol. The molecule has 174 valence electrons. The van der Waals surface area contributed by atoms with Gasteiger partial charge in [-0.1, -0.05) is 66.1 Å². The molecule has 0 saturated carbocycles. The molecule has 2 aromatic carbocycles. The van der Waals surface area contributed by atoms with Crippen molar-refractivity contribution in [2.75, 3.05) is 31.1 Å². The lowest BCUT2D eigenvalue weighted by atomic mass is 10.1. The van der Waals surface area contributed by atoms with Crippen molar-refractivity contribution in [3.8, 4) is 11.3 Å². The number of carbonyl (C=O) groups excluding carboxylic acids is 1. The minimum Gasteiger partial charge on any atom is -0.354 e. The van der Waals surface area contributed by atoms with Gasteiger partial charge >= 0.3 is 0 Å². The number of hydrogen-bond acceptors (Lipinski definition) is 6. The van der Waals surface area contributed by atoms with E-state index in [9.17, 15) is 4.79 Å². The Kier molecular flexibility index (Phi) is 6.45. The fraction of sp³-hybridized carbons (Fsp3) is 0.308. The summed E-state index contributed by atoms with van der Waals surface area (Å²) in [6.07, 6.45) is 2.51. The van der Waals surface area contributed by atoms with Crippen LogP contribution < -0.4 is 4.90 Å². The summed E-state index contributed by atoms with van der Waals surface area (Å²) in [5.74, 6) is 1.52. The Bertz CT molecular complexity index is 1310. The second-order valence-corrected chi connectivity index (χ2v) is 8.81. The van der Waals surface area contributed by atoms with Crippen molar-refractivity contribution in [3.63, 3.8) is 0 Å². The van der Waals surface area contributed by atoms with Crippen LogP contribution in [0.25, 0.3) is 22.4 Å². The molecule has 1 saturated heterocycles. The maximum atomic E-state index is 13.1. The van der Waals surface area contributed by atoms with Crippen LogP contribution in [0.3, 0.4) is 0 Å². The molecular weight excluding hydrogens is 450 g/mol. The van der Waals surface area contributed by atoms with Crippen molar-refractivity contribution in [2.24, 2.45) is 0 Å². The van der Waals surface area contributed by atoms with Crippen molar-refractivity contribution in [3.05, 3.63) is 71.0 Å². The number of halogens is 1. The lowest BCUT2D eigenvalue weighted by Gasteiger charge is -2.24. The molecule has 0 bridgehead atoms. The topological polar surface area (TPSA) is 75.4 Å². The Hall–Kier alpha value is -3.45. The predicted molar refractivity (Wildman–Crippen MR) is 133 cm³/mol. The number of rotatable bonds is 5. The number of anilines is 1. The lowest BCUT2D eigenvalue weighted by molar-refractivity contribution is 0.0767. The smallest absolute Gasteiger partial charge is 0.263 e. The van der Waals surface area contributed by atoms with E-state index >= 15 is 0 Å². The van der Waals surface area contributed by atoms with Gasteiger partial charge in [0.15, 0.2) is 0 Å². The first-order chi connectivity index (χ1) is 16.7. The Labute approximate surface area is 203 Å². The zero-order chi connectivity index (χ0) is 23.5. The number of hydrogen-bond donors (Lipinski definition) is 0. The Morgan fingerprint density at radius 3 is 2.59 bits per heavy atom. The molecule has 34 heavy (non-hydrogen) atoms. The Morgan fingerprint density at radius 2 is 1.79 bits per heavy atom. The van der Waals surface area contributed by atoms with Gasteiger partial charge in [0.1, 0.15) is 22.7 Å². The van der Waals surface area contributed by atoms with Crippen molar-refractivity contribution >= 4 is 34.4 Å². The molecule has 5 rings (SSSR count). The summed E-state index contributed by atoms with van der Waals surface area (Å²) in [7, 11) is 0. The van der Waals surface area contributed by atoms with E-state index in [2.05, 4.69) is 22.0 Å². The maximum Gasteiger partial charge on any atom is 0.263 e. The molecular formula is C26H26ClN5O2. The van der Waals surface area contributed by atoms with E-state index in [1.807, 2.05) is 47.4 Å². The number of nitrogens with zero attached hydrogens (tertiary/aromatic N) is 5. The summed E-state index contributed by atoms with van der Waals surface area (Å²) in [4.78, 5) is 26.8. The first-order valence-electron chi connectivity index (χ1n) is 11.7. The summed E-state index contributed by atoms with van der Waals surface area (Å²) in [5.41, 5.74) is 2.74. The van der Waals surface area contributed by atoms with Gasteiger partial charge in [-0.25, -0.2) is 4.98 Å². The van der Waals surface area contributed by atoms with Crippen molar-refractivity contribution in [1.29, 1.82) is 0 Å². The molecule has 3 heterocycles. The number of fused-ring (bicyclic) bond motifs is 1. The van der Waals surface area contributed by atoms with Crippen molar-refractivity contribution in [2.45, 2.75) is 26.2 Å². The number of aromatic nitrogens is 3. The highest BCUT2D eigenvalue weighted by Gasteiger charge is 2.26. The summed E-state index contributed by atoms with van der Waals surface area (Å²) in [6.45, 7) is 4.75. The highest BCUT2D eigenvalue weighted by atomic mass is 35.5. The van der Waals surface area contributed by atoms with Crippen LogP contribution in [-0.2, 0) is 6.42 Å². The molecule has 1 aliphatic heterocycles. The van der Waals surface area contributed by atoms with Crippen LogP contribution in [0.2, 0.25) is 5.02 Å². The molecule has 7 nitrogen and oxygen atoms in total. The summed E-state index contributed by atoms with van der Waals surface area (Å²) >= 11 is 6.29. The Morgan fingerprint density at radius 1 is 1.00 bits per heavy atom. The highest BCUT2D eigenvalue weighted by Crippen LogP contribution is 2.34. The van der Waals surface area contributed by atoms with Crippen LogP contribution in [-0.4, -0.2) is 52.1 Å². The zero-order valence-electron chi connectivity index (χ0n) is 19.1. The third-order valence-corrected chi connectivity index (χ3v) is 6.40. The SMILES string of the molecule is CCCc1nc(N2CCCN(C(=O)c3ccccc3Cl)CC2)c2c(-c3ccccc3)noc2n1. The van der Waals surface area contributed by atoms with Gasteiger partial charge in [0, 0.05) is 38.2 Å². The van der Waals surface area contributed by atoms with Crippen molar-refractivity contribution < 1.29 is 9.32 Å². The molecule has 1 amide bonds. The van der Waals surface area contributed by atoms with E-state index in [1.54, 1.807) is 12.1 Å². The number of benzene rings is 2. The predicted octanol–water partition coefficient (Wildman–Crippen LogP) is 5.24. The van der Waals surface area contributed by atoms with Gasteiger partial charge in [-0.05, 0) is 25.0 Å². The second-order valence-electron chi connectivity index (χ2n) is 8.40. The van der Waals surface area contributed by atoms with E-state index in [0.717, 1.165) is 54.1 Å². The lowest BCUT2D eigenvalue weighted by Crippen LogP contribution is -2.35. The van der Waals surface area contributed by atoms with E-state index in [-0.39, 0.29) is 5.91 Å². The quantitative estimate of drug-likeness (QED) is 0.392. The number of amides is 1. The van der Waals surface area contributed by atoms with Crippen LogP contribution in [0.4, 0.5) is 5.82 Å². The summed E-state index contributed by atoms with van der Waals surface area (Å²) in [6, 6.07) is 17.2. The average Bonchev–Trinajstić information content (AvgIpc) is 3.13. The fourth-order valence-electron chi connectivity index (χ4n) is 4.37. The highest BCUT2D eigenvalue weighted by molar-refractivity contribution is 6.33. The first-order valence-corrected chi connectivity index (χ1v) is 12.0. The molecule has 1 fully saturated rings. The Balaban J connectivity index is 1.49. The van der Waals surface area contributed by atoms with Crippen LogP contribution >= 0.6 is 11.6 Å². The van der Waals surface area contributed by atoms with E-state index in [0.29, 0.717) is 35.9 Å². The van der Waals surface area contributed by atoms with Gasteiger partial charge in [0.25, 0.3) is 11.6 Å².